The van der Waals surface area contributed by atoms with E-state index < -0.39 is 5.91 Å². The fraction of sp³-hybridized carbons (Fsp3) is 0. The highest BCUT2D eigenvalue weighted by Crippen LogP contribution is 2.20. The number of anilines is 2. The maximum atomic E-state index is 13.3. The van der Waals surface area contributed by atoms with Gasteiger partial charge in [0.05, 0.1) is 16.0 Å². The van der Waals surface area contributed by atoms with Gasteiger partial charge in [-0.15, -0.1) is 11.3 Å². The van der Waals surface area contributed by atoms with Gasteiger partial charge in [0.15, 0.2) is 5.69 Å². The molecule has 2 aromatic heterocycles. The lowest BCUT2D eigenvalue weighted by Crippen LogP contribution is -2.26. The first kappa shape index (κ1) is 21.3. The predicted molar refractivity (Wildman–Crippen MR) is 134 cm³/mol. The van der Waals surface area contributed by atoms with Crippen LogP contribution < -0.4 is 16.2 Å². The summed E-state index contributed by atoms with van der Waals surface area (Å²) in [5, 5.41) is 12.7. The van der Waals surface area contributed by atoms with Crippen LogP contribution in [0.4, 0.5) is 11.4 Å². The van der Waals surface area contributed by atoms with Crippen LogP contribution in [-0.2, 0) is 0 Å². The molecule has 2 heterocycles. The second kappa shape index (κ2) is 9.13. The largest absolute Gasteiger partial charge is 0.321 e. The smallest absolute Gasteiger partial charge is 0.279 e. The van der Waals surface area contributed by atoms with Crippen molar-refractivity contribution in [3.63, 3.8) is 0 Å². The predicted octanol–water partition coefficient (Wildman–Crippen LogP) is 4.95. The molecular weight excluding hydrogens is 448 g/mol. The van der Waals surface area contributed by atoms with Crippen molar-refractivity contribution in [2.24, 2.45) is 0 Å². The van der Waals surface area contributed by atoms with Crippen molar-refractivity contribution in [2.45, 2.75) is 0 Å². The molecule has 0 aliphatic heterocycles. The van der Waals surface area contributed by atoms with Gasteiger partial charge >= 0.3 is 0 Å². The van der Waals surface area contributed by atoms with E-state index in [4.69, 9.17) is 0 Å². The summed E-state index contributed by atoms with van der Waals surface area (Å²) < 4.78 is 1.23. The Balaban J connectivity index is 1.48. The third kappa shape index (κ3) is 4.22. The molecule has 0 radical (unpaired) electrons. The zero-order chi connectivity index (χ0) is 23.5. The molecule has 34 heavy (non-hydrogen) atoms. The van der Waals surface area contributed by atoms with Crippen LogP contribution in [0, 0.1) is 0 Å². The molecule has 0 saturated carbocycles. The van der Waals surface area contributed by atoms with E-state index in [2.05, 4.69) is 15.7 Å². The standard InChI is InChI=1S/C26H18N4O3S/c31-24(22-14-7-15-34-22)27-17-8-6-9-18(16-17)28-25(32)23-20-12-4-5-13-21(20)26(33)30(29-23)19-10-2-1-3-11-19/h1-16H,(H,27,31)(H,28,32). The normalized spacial score (nSPS) is 10.7. The molecule has 2 amide bonds. The molecule has 0 unspecified atom stereocenters. The first-order valence-electron chi connectivity index (χ1n) is 10.4. The number of thiophene rings is 1. The Morgan fingerprint density at radius 1 is 0.735 bits per heavy atom. The van der Waals surface area contributed by atoms with Gasteiger partial charge in [-0.05, 0) is 47.8 Å². The number of nitrogens with zero attached hydrogens (tertiary/aromatic N) is 2. The van der Waals surface area contributed by atoms with E-state index in [-0.39, 0.29) is 17.2 Å². The summed E-state index contributed by atoms with van der Waals surface area (Å²) in [6, 6.07) is 26.2. The van der Waals surface area contributed by atoms with Crippen molar-refractivity contribution >= 4 is 45.3 Å². The third-order valence-corrected chi connectivity index (χ3v) is 6.01. The number of amides is 2. The van der Waals surface area contributed by atoms with Gasteiger partial charge in [0.1, 0.15) is 0 Å². The molecule has 0 bridgehead atoms. The molecule has 0 aliphatic carbocycles. The summed E-state index contributed by atoms with van der Waals surface area (Å²) in [4.78, 5) is 39.2. The summed E-state index contributed by atoms with van der Waals surface area (Å²) in [6.07, 6.45) is 0. The zero-order valence-corrected chi connectivity index (χ0v) is 18.6. The Morgan fingerprint density at radius 2 is 1.41 bits per heavy atom. The van der Waals surface area contributed by atoms with E-state index in [9.17, 15) is 14.4 Å². The number of carbonyl (C=O) groups excluding carboxylic acids is 2. The number of aromatic nitrogens is 2. The molecule has 8 heteroatoms. The Kier molecular flexibility index (Phi) is 5.72. The highest BCUT2D eigenvalue weighted by Gasteiger charge is 2.18. The molecule has 7 nitrogen and oxygen atoms in total. The highest BCUT2D eigenvalue weighted by molar-refractivity contribution is 7.12. The van der Waals surface area contributed by atoms with Crippen LogP contribution in [0.25, 0.3) is 16.5 Å². The van der Waals surface area contributed by atoms with Crippen LogP contribution in [0.1, 0.15) is 20.2 Å². The number of carbonyl (C=O) groups is 2. The number of rotatable bonds is 5. The SMILES string of the molecule is O=C(Nc1cccc(NC(=O)c2nn(-c3ccccc3)c(=O)c3ccccc23)c1)c1cccs1. The van der Waals surface area contributed by atoms with Crippen LogP contribution in [0.3, 0.4) is 0 Å². The van der Waals surface area contributed by atoms with Crippen molar-refractivity contribution in [1.82, 2.24) is 9.78 Å². The van der Waals surface area contributed by atoms with Crippen molar-refractivity contribution < 1.29 is 9.59 Å². The van der Waals surface area contributed by atoms with Crippen LogP contribution in [0.15, 0.2) is 101 Å². The minimum atomic E-state index is -0.470. The lowest BCUT2D eigenvalue weighted by atomic mass is 10.1. The maximum absolute atomic E-state index is 13.3. The Hall–Kier alpha value is -4.56. The van der Waals surface area contributed by atoms with E-state index >= 15 is 0 Å². The molecule has 0 saturated heterocycles. The quantitative estimate of drug-likeness (QED) is 0.383. The maximum Gasteiger partial charge on any atom is 0.279 e. The Morgan fingerprint density at radius 3 is 2.12 bits per heavy atom. The van der Waals surface area contributed by atoms with Gasteiger partial charge in [-0.3, -0.25) is 14.4 Å². The van der Waals surface area contributed by atoms with Crippen molar-refractivity contribution in [3.05, 3.63) is 117 Å². The number of benzene rings is 3. The van der Waals surface area contributed by atoms with E-state index in [1.807, 2.05) is 17.5 Å². The Bertz CT molecular complexity index is 1560. The van der Waals surface area contributed by atoms with Gasteiger partial charge in [0.25, 0.3) is 17.4 Å². The molecule has 0 fully saturated rings. The first-order chi connectivity index (χ1) is 16.6. The lowest BCUT2D eigenvalue weighted by Gasteiger charge is -2.12. The number of hydrogen-bond donors (Lipinski definition) is 2. The second-order valence-electron chi connectivity index (χ2n) is 7.41. The second-order valence-corrected chi connectivity index (χ2v) is 8.36. The van der Waals surface area contributed by atoms with Gasteiger partial charge in [0.2, 0.25) is 0 Å². The number of fused-ring (bicyclic) bond motifs is 1. The number of hydrogen-bond acceptors (Lipinski definition) is 5. The zero-order valence-electron chi connectivity index (χ0n) is 17.8. The van der Waals surface area contributed by atoms with E-state index in [0.717, 1.165) is 0 Å². The number of para-hydroxylation sites is 1. The summed E-state index contributed by atoms with van der Waals surface area (Å²) in [5.41, 5.74) is 1.40. The van der Waals surface area contributed by atoms with Crippen molar-refractivity contribution in [3.8, 4) is 5.69 Å². The van der Waals surface area contributed by atoms with Gasteiger partial charge in [0, 0.05) is 16.8 Å². The molecule has 2 N–H and O–H groups in total. The molecule has 5 aromatic rings. The molecule has 0 atom stereocenters. The van der Waals surface area contributed by atoms with Crippen molar-refractivity contribution in [2.75, 3.05) is 10.6 Å². The topological polar surface area (TPSA) is 93.1 Å². The molecule has 0 spiro atoms. The number of nitrogens with one attached hydrogen (secondary N) is 2. The van der Waals surface area contributed by atoms with Gasteiger partial charge in [-0.2, -0.15) is 9.78 Å². The summed E-state index contributed by atoms with van der Waals surface area (Å²) in [7, 11) is 0. The first-order valence-corrected chi connectivity index (χ1v) is 11.3. The van der Waals surface area contributed by atoms with E-state index in [1.54, 1.807) is 78.9 Å². The van der Waals surface area contributed by atoms with Crippen LogP contribution >= 0.6 is 11.3 Å². The summed E-state index contributed by atoms with van der Waals surface area (Å²) in [5.74, 6) is -0.691. The molecule has 0 aliphatic rings. The van der Waals surface area contributed by atoms with Crippen LogP contribution in [0.2, 0.25) is 0 Å². The lowest BCUT2D eigenvalue weighted by molar-refractivity contribution is 0.101. The minimum Gasteiger partial charge on any atom is -0.321 e. The average Bonchev–Trinajstić information content (AvgIpc) is 3.41. The van der Waals surface area contributed by atoms with Gasteiger partial charge < -0.3 is 10.6 Å². The van der Waals surface area contributed by atoms with Crippen LogP contribution in [0.5, 0.6) is 0 Å². The Labute approximate surface area is 198 Å². The third-order valence-electron chi connectivity index (χ3n) is 5.14. The molecule has 166 valence electrons. The van der Waals surface area contributed by atoms with Crippen molar-refractivity contribution in [1.29, 1.82) is 0 Å². The molecule has 3 aromatic carbocycles. The fourth-order valence-electron chi connectivity index (χ4n) is 3.57. The van der Waals surface area contributed by atoms with Gasteiger partial charge in [-0.1, -0.05) is 48.5 Å². The highest BCUT2D eigenvalue weighted by atomic mass is 32.1. The summed E-state index contributed by atoms with van der Waals surface area (Å²) >= 11 is 1.35. The summed E-state index contributed by atoms with van der Waals surface area (Å²) in [6.45, 7) is 0. The van der Waals surface area contributed by atoms with Gasteiger partial charge in [-0.25, -0.2) is 0 Å². The fourth-order valence-corrected chi connectivity index (χ4v) is 4.19. The minimum absolute atomic E-state index is 0.118. The van der Waals surface area contributed by atoms with Crippen LogP contribution in [-0.4, -0.2) is 21.6 Å². The molecular formula is C26H18N4O3S. The van der Waals surface area contributed by atoms with E-state index in [1.165, 1.54) is 16.0 Å². The monoisotopic (exact) mass is 466 g/mol. The average molecular weight is 467 g/mol. The molecule has 5 rings (SSSR count). The van der Waals surface area contributed by atoms with E-state index in [0.29, 0.717) is 32.7 Å².